The summed E-state index contributed by atoms with van der Waals surface area (Å²) in [6.45, 7) is 0. The Morgan fingerprint density at radius 3 is 2.40 bits per heavy atom. The summed E-state index contributed by atoms with van der Waals surface area (Å²) in [5.41, 5.74) is 0.821. The van der Waals surface area contributed by atoms with Crippen molar-refractivity contribution in [3.05, 3.63) is 28.7 Å². The van der Waals surface area contributed by atoms with E-state index in [1.165, 1.54) is 12.8 Å². The molecule has 2 bridgehead atoms. The maximum Gasteiger partial charge on any atom is 0.319 e. The van der Waals surface area contributed by atoms with Crippen molar-refractivity contribution in [2.24, 2.45) is 0 Å². The first-order valence-electron chi connectivity index (χ1n) is 7.17. The minimum Gasteiger partial charge on any atom is -0.335 e. The summed E-state index contributed by atoms with van der Waals surface area (Å²) in [6.07, 6.45) is 4.68. The van der Waals surface area contributed by atoms with Gasteiger partial charge in [-0.3, -0.25) is 0 Å². The van der Waals surface area contributed by atoms with Gasteiger partial charge in [0.2, 0.25) is 0 Å². The molecule has 2 N–H and O–H groups in total. The zero-order valence-electron chi connectivity index (χ0n) is 11.6. The average molecular weight is 338 g/mol. The normalized spacial score (nSPS) is 29.2. The van der Waals surface area contributed by atoms with E-state index in [1.54, 1.807) is 0 Å². The minimum atomic E-state index is -0.0960. The number of nitrogens with zero attached hydrogens (tertiary/aromatic N) is 1. The van der Waals surface area contributed by atoms with Gasteiger partial charge in [0, 0.05) is 28.3 Å². The highest BCUT2D eigenvalue weighted by atomic mass is 79.9. The first-order chi connectivity index (χ1) is 9.61. The second-order valence-corrected chi connectivity index (χ2v) is 6.74. The van der Waals surface area contributed by atoms with Gasteiger partial charge in [-0.25, -0.2) is 4.79 Å². The van der Waals surface area contributed by atoms with Crippen LogP contribution in [0.5, 0.6) is 0 Å². The van der Waals surface area contributed by atoms with Gasteiger partial charge in [0.25, 0.3) is 0 Å². The van der Waals surface area contributed by atoms with E-state index in [-0.39, 0.29) is 6.03 Å². The minimum absolute atomic E-state index is 0.0960. The lowest BCUT2D eigenvalue weighted by atomic mass is 9.98. The fraction of sp³-hybridized carbons (Fsp3) is 0.533. The smallest absolute Gasteiger partial charge is 0.319 e. The highest BCUT2D eigenvalue weighted by molar-refractivity contribution is 9.10. The zero-order valence-corrected chi connectivity index (χ0v) is 13.2. The van der Waals surface area contributed by atoms with Gasteiger partial charge >= 0.3 is 6.03 Å². The largest absolute Gasteiger partial charge is 0.335 e. The van der Waals surface area contributed by atoms with Crippen LogP contribution in [0.3, 0.4) is 0 Å². The molecule has 2 aliphatic heterocycles. The summed E-state index contributed by atoms with van der Waals surface area (Å²) in [4.78, 5) is 14.5. The second-order valence-electron chi connectivity index (χ2n) is 5.82. The van der Waals surface area contributed by atoms with Gasteiger partial charge in [0.05, 0.1) is 0 Å². The summed E-state index contributed by atoms with van der Waals surface area (Å²) < 4.78 is 1.01. The quantitative estimate of drug-likeness (QED) is 0.870. The number of halogens is 1. The first kappa shape index (κ1) is 13.9. The van der Waals surface area contributed by atoms with Gasteiger partial charge in [-0.2, -0.15) is 0 Å². The molecule has 2 fully saturated rings. The molecule has 1 aromatic rings. The number of urea groups is 1. The number of piperidine rings is 1. The molecule has 108 valence electrons. The van der Waals surface area contributed by atoms with Gasteiger partial charge in [0.1, 0.15) is 0 Å². The van der Waals surface area contributed by atoms with Crippen LogP contribution in [0.15, 0.2) is 28.7 Å². The number of benzene rings is 1. The molecular formula is C15H20BrN3O. The molecule has 3 atom stereocenters. The van der Waals surface area contributed by atoms with Crippen LogP contribution >= 0.6 is 15.9 Å². The number of carbonyl (C=O) groups excluding carboxylic acids is 1. The van der Waals surface area contributed by atoms with Crippen molar-refractivity contribution in [1.29, 1.82) is 0 Å². The lowest BCUT2D eigenvalue weighted by molar-refractivity contribution is 0.151. The number of hydrogen-bond donors (Lipinski definition) is 2. The van der Waals surface area contributed by atoms with E-state index in [0.717, 1.165) is 23.0 Å². The molecule has 0 aromatic heterocycles. The molecule has 0 saturated carbocycles. The molecule has 1 unspecified atom stereocenters. The van der Waals surface area contributed by atoms with Crippen LogP contribution in [0.4, 0.5) is 10.5 Å². The van der Waals surface area contributed by atoms with E-state index < -0.39 is 0 Å². The molecule has 5 heteroatoms. The first-order valence-corrected chi connectivity index (χ1v) is 7.96. The number of anilines is 1. The zero-order chi connectivity index (χ0) is 14.1. The third-order valence-electron chi connectivity index (χ3n) is 4.54. The van der Waals surface area contributed by atoms with Crippen molar-refractivity contribution < 1.29 is 4.79 Å². The average Bonchev–Trinajstić information content (AvgIpc) is 2.64. The van der Waals surface area contributed by atoms with Crippen LogP contribution in [-0.2, 0) is 0 Å². The standard InChI is InChI=1S/C15H20BrN3O/c1-19-13-6-7-14(19)9-12(8-13)18-15(20)17-11-4-2-10(16)3-5-11/h2-5,12-14H,6-9H2,1H3,(H2,17,18,20)/t12?,13-,14+. The summed E-state index contributed by atoms with van der Waals surface area (Å²) in [6, 6.07) is 9.12. The fourth-order valence-electron chi connectivity index (χ4n) is 3.42. The monoisotopic (exact) mass is 337 g/mol. The number of amides is 2. The van der Waals surface area contributed by atoms with Crippen molar-refractivity contribution >= 4 is 27.6 Å². The van der Waals surface area contributed by atoms with Crippen LogP contribution in [0, 0.1) is 0 Å². The van der Waals surface area contributed by atoms with Gasteiger partial charge in [-0.05, 0) is 57.0 Å². The molecule has 2 heterocycles. The Labute approximate surface area is 128 Å². The van der Waals surface area contributed by atoms with Crippen LogP contribution < -0.4 is 10.6 Å². The lowest BCUT2D eigenvalue weighted by Crippen LogP contribution is -2.49. The Morgan fingerprint density at radius 2 is 1.80 bits per heavy atom. The Bertz CT molecular complexity index is 476. The summed E-state index contributed by atoms with van der Waals surface area (Å²) in [5.74, 6) is 0. The number of nitrogens with one attached hydrogen (secondary N) is 2. The number of hydrogen-bond acceptors (Lipinski definition) is 2. The molecule has 0 radical (unpaired) electrons. The topological polar surface area (TPSA) is 44.4 Å². The maximum absolute atomic E-state index is 12.0. The molecule has 3 rings (SSSR count). The molecule has 0 aliphatic carbocycles. The van der Waals surface area contributed by atoms with E-state index in [4.69, 9.17) is 0 Å². The van der Waals surface area contributed by atoms with Gasteiger partial charge < -0.3 is 15.5 Å². The molecule has 2 amide bonds. The Balaban J connectivity index is 1.53. The predicted molar refractivity (Wildman–Crippen MR) is 83.9 cm³/mol. The number of fused-ring (bicyclic) bond motifs is 2. The molecule has 20 heavy (non-hydrogen) atoms. The van der Waals surface area contributed by atoms with E-state index in [9.17, 15) is 4.79 Å². The maximum atomic E-state index is 12.0. The van der Waals surface area contributed by atoms with E-state index in [2.05, 4.69) is 38.5 Å². The lowest BCUT2D eigenvalue weighted by Gasteiger charge is -2.36. The van der Waals surface area contributed by atoms with Crippen molar-refractivity contribution in [1.82, 2.24) is 10.2 Å². The van der Waals surface area contributed by atoms with E-state index in [1.807, 2.05) is 24.3 Å². The second kappa shape index (κ2) is 5.74. The van der Waals surface area contributed by atoms with Gasteiger partial charge in [0.15, 0.2) is 0 Å². The Hall–Kier alpha value is -1.07. The molecule has 2 aliphatic rings. The van der Waals surface area contributed by atoms with Crippen LogP contribution in [0.1, 0.15) is 25.7 Å². The summed E-state index contributed by atoms with van der Waals surface area (Å²) in [7, 11) is 2.21. The fourth-order valence-corrected chi connectivity index (χ4v) is 3.68. The van der Waals surface area contributed by atoms with E-state index in [0.29, 0.717) is 18.1 Å². The molecule has 2 saturated heterocycles. The third-order valence-corrected chi connectivity index (χ3v) is 5.06. The van der Waals surface area contributed by atoms with Crippen molar-refractivity contribution in [2.75, 3.05) is 12.4 Å². The van der Waals surface area contributed by atoms with E-state index >= 15 is 0 Å². The Kier molecular flexibility index (Phi) is 3.98. The highest BCUT2D eigenvalue weighted by Gasteiger charge is 2.38. The highest BCUT2D eigenvalue weighted by Crippen LogP contribution is 2.34. The third kappa shape index (κ3) is 2.99. The number of rotatable bonds is 2. The molecular weight excluding hydrogens is 318 g/mol. The summed E-state index contributed by atoms with van der Waals surface area (Å²) in [5, 5.41) is 6.01. The summed E-state index contributed by atoms with van der Waals surface area (Å²) >= 11 is 3.38. The SMILES string of the molecule is CN1[C@@H]2CC[C@H]1CC(NC(=O)Nc1ccc(Br)cc1)C2. The van der Waals surface area contributed by atoms with Crippen LogP contribution in [-0.4, -0.2) is 36.1 Å². The van der Waals surface area contributed by atoms with Crippen molar-refractivity contribution in [3.8, 4) is 0 Å². The van der Waals surface area contributed by atoms with Gasteiger partial charge in [-0.1, -0.05) is 15.9 Å². The molecule has 0 spiro atoms. The van der Waals surface area contributed by atoms with Crippen LogP contribution in [0.25, 0.3) is 0 Å². The van der Waals surface area contributed by atoms with Crippen molar-refractivity contribution in [2.45, 2.75) is 43.8 Å². The Morgan fingerprint density at radius 1 is 1.20 bits per heavy atom. The van der Waals surface area contributed by atoms with Crippen molar-refractivity contribution in [3.63, 3.8) is 0 Å². The number of carbonyl (C=O) groups is 1. The molecule has 1 aromatic carbocycles. The molecule has 4 nitrogen and oxygen atoms in total. The van der Waals surface area contributed by atoms with Crippen LogP contribution in [0.2, 0.25) is 0 Å². The predicted octanol–water partition coefficient (Wildman–Crippen LogP) is 3.20. The van der Waals surface area contributed by atoms with Gasteiger partial charge in [-0.15, -0.1) is 0 Å².